The number of hydrogen-bond donors (Lipinski definition) is 1. The predicted octanol–water partition coefficient (Wildman–Crippen LogP) is 2.11. The Morgan fingerprint density at radius 3 is 3.00 bits per heavy atom. The van der Waals surface area contributed by atoms with Crippen LogP contribution in [-0.2, 0) is 0 Å². The predicted molar refractivity (Wildman–Crippen MR) is 60.3 cm³/mol. The molecule has 1 aromatic heterocycles. The smallest absolute Gasteiger partial charge is 0.213 e. The zero-order chi connectivity index (χ0) is 10.7. The molecule has 1 aliphatic rings. The molecular weight excluding hydrogens is 188 g/mol. The van der Waals surface area contributed by atoms with E-state index in [1.807, 2.05) is 24.3 Å². The van der Waals surface area contributed by atoms with Gasteiger partial charge in [-0.2, -0.15) is 0 Å². The number of aromatic nitrogens is 1. The van der Waals surface area contributed by atoms with Gasteiger partial charge in [0.05, 0.1) is 12.8 Å². The minimum absolute atomic E-state index is 0.631. The molecule has 1 aromatic rings. The van der Waals surface area contributed by atoms with Crippen molar-refractivity contribution >= 4 is 5.57 Å². The van der Waals surface area contributed by atoms with Crippen molar-refractivity contribution in [2.45, 2.75) is 12.8 Å². The normalized spacial score (nSPS) is 15.5. The van der Waals surface area contributed by atoms with Crippen LogP contribution in [0.4, 0.5) is 0 Å². The van der Waals surface area contributed by atoms with Gasteiger partial charge in [0.25, 0.3) is 0 Å². The molecule has 1 aliphatic carbocycles. The van der Waals surface area contributed by atoms with Gasteiger partial charge < -0.3 is 10.5 Å². The Morgan fingerprint density at radius 1 is 1.40 bits per heavy atom. The van der Waals surface area contributed by atoms with Gasteiger partial charge in [0.15, 0.2) is 0 Å². The molecular formula is C12H14N2O. The van der Waals surface area contributed by atoms with Crippen LogP contribution in [0, 0.1) is 0 Å². The third-order valence-corrected chi connectivity index (χ3v) is 2.37. The Labute approximate surface area is 89.3 Å². The van der Waals surface area contributed by atoms with E-state index in [1.54, 1.807) is 7.11 Å². The van der Waals surface area contributed by atoms with E-state index in [4.69, 9.17) is 10.5 Å². The first-order chi connectivity index (χ1) is 7.29. The lowest BCUT2D eigenvalue weighted by atomic mass is 10.0. The van der Waals surface area contributed by atoms with Crippen molar-refractivity contribution in [3.63, 3.8) is 0 Å². The molecule has 0 atom stereocenters. The summed E-state index contributed by atoms with van der Waals surface area (Å²) >= 11 is 0. The number of methoxy groups -OCH3 is 1. The molecule has 3 heteroatoms. The van der Waals surface area contributed by atoms with Crippen LogP contribution < -0.4 is 10.5 Å². The lowest BCUT2D eigenvalue weighted by Crippen LogP contribution is -2.02. The molecule has 0 bridgehead atoms. The minimum atomic E-state index is 0.631. The summed E-state index contributed by atoms with van der Waals surface area (Å²) < 4.78 is 5.08. The van der Waals surface area contributed by atoms with Gasteiger partial charge >= 0.3 is 0 Å². The number of allylic oxidation sites excluding steroid dienone is 4. The Kier molecular flexibility index (Phi) is 2.72. The highest BCUT2D eigenvalue weighted by molar-refractivity contribution is 5.73. The molecule has 2 N–H and O–H groups in total. The van der Waals surface area contributed by atoms with Gasteiger partial charge in [-0.1, -0.05) is 12.1 Å². The van der Waals surface area contributed by atoms with Crippen molar-refractivity contribution in [2.24, 2.45) is 5.73 Å². The molecule has 1 heterocycles. The van der Waals surface area contributed by atoms with Crippen LogP contribution in [0.25, 0.3) is 5.57 Å². The van der Waals surface area contributed by atoms with Crippen molar-refractivity contribution in [1.29, 1.82) is 0 Å². The van der Waals surface area contributed by atoms with Gasteiger partial charge in [0.1, 0.15) is 0 Å². The largest absolute Gasteiger partial charge is 0.481 e. The van der Waals surface area contributed by atoms with Crippen molar-refractivity contribution in [1.82, 2.24) is 4.98 Å². The van der Waals surface area contributed by atoms with Gasteiger partial charge in [0.2, 0.25) is 5.88 Å². The topological polar surface area (TPSA) is 48.1 Å². The third-order valence-electron chi connectivity index (χ3n) is 2.37. The summed E-state index contributed by atoms with van der Waals surface area (Å²) in [6, 6.07) is 5.73. The molecule has 0 fully saturated rings. The number of rotatable bonds is 2. The van der Waals surface area contributed by atoms with Crippen molar-refractivity contribution in [2.75, 3.05) is 7.11 Å². The number of nitrogens with two attached hydrogens (primary N) is 1. The molecule has 0 amide bonds. The van der Waals surface area contributed by atoms with Crippen LogP contribution in [0.2, 0.25) is 0 Å². The highest BCUT2D eigenvalue weighted by atomic mass is 16.5. The number of hydrogen-bond acceptors (Lipinski definition) is 3. The number of ether oxygens (including phenoxy) is 1. The molecule has 2 rings (SSSR count). The zero-order valence-corrected chi connectivity index (χ0v) is 8.73. The summed E-state index contributed by atoms with van der Waals surface area (Å²) in [7, 11) is 1.62. The van der Waals surface area contributed by atoms with Gasteiger partial charge in [-0.25, -0.2) is 4.98 Å². The van der Waals surface area contributed by atoms with Crippen LogP contribution in [0.5, 0.6) is 5.88 Å². The van der Waals surface area contributed by atoms with E-state index >= 15 is 0 Å². The van der Waals surface area contributed by atoms with Crippen LogP contribution >= 0.6 is 0 Å². The molecule has 0 saturated carbocycles. The lowest BCUT2D eigenvalue weighted by molar-refractivity contribution is 0.397. The van der Waals surface area contributed by atoms with Gasteiger partial charge in [0, 0.05) is 11.8 Å². The van der Waals surface area contributed by atoms with E-state index in [9.17, 15) is 0 Å². The maximum absolute atomic E-state index is 5.79. The highest BCUT2D eigenvalue weighted by Gasteiger charge is 2.06. The van der Waals surface area contributed by atoms with E-state index in [1.165, 1.54) is 0 Å². The lowest BCUT2D eigenvalue weighted by Gasteiger charge is -2.10. The second-order valence-electron chi connectivity index (χ2n) is 3.48. The van der Waals surface area contributed by atoms with Crippen LogP contribution in [0.15, 0.2) is 36.0 Å². The van der Waals surface area contributed by atoms with Gasteiger partial charge in [-0.15, -0.1) is 0 Å². The monoisotopic (exact) mass is 202 g/mol. The minimum Gasteiger partial charge on any atom is -0.481 e. The Hall–Kier alpha value is -1.77. The third kappa shape index (κ3) is 2.18. The Morgan fingerprint density at radius 2 is 2.27 bits per heavy atom. The van der Waals surface area contributed by atoms with Crippen molar-refractivity contribution < 1.29 is 4.74 Å². The molecule has 78 valence electrons. The summed E-state index contributed by atoms with van der Waals surface area (Å²) in [6.45, 7) is 0. The molecule has 0 spiro atoms. The van der Waals surface area contributed by atoms with Crippen LogP contribution in [-0.4, -0.2) is 12.1 Å². The first kappa shape index (κ1) is 9.77. The molecule has 0 unspecified atom stereocenters. The molecule has 3 nitrogen and oxygen atoms in total. The van der Waals surface area contributed by atoms with E-state index in [2.05, 4.69) is 11.1 Å². The fourth-order valence-electron chi connectivity index (χ4n) is 1.59. The molecule has 15 heavy (non-hydrogen) atoms. The first-order valence-corrected chi connectivity index (χ1v) is 4.97. The summed E-state index contributed by atoms with van der Waals surface area (Å²) in [5, 5.41) is 0. The van der Waals surface area contributed by atoms with Crippen molar-refractivity contribution in [3.05, 3.63) is 41.7 Å². The SMILES string of the molecule is COc1cccc(C2=CCCC(N)=C2)n1. The summed E-state index contributed by atoms with van der Waals surface area (Å²) in [5.74, 6) is 0.631. The summed E-state index contributed by atoms with van der Waals surface area (Å²) in [4.78, 5) is 4.36. The maximum Gasteiger partial charge on any atom is 0.213 e. The summed E-state index contributed by atoms with van der Waals surface area (Å²) in [6.07, 6.45) is 6.05. The second kappa shape index (κ2) is 4.17. The summed E-state index contributed by atoms with van der Waals surface area (Å²) in [5.41, 5.74) is 8.70. The highest BCUT2D eigenvalue weighted by Crippen LogP contribution is 2.23. The van der Waals surface area contributed by atoms with E-state index in [-0.39, 0.29) is 0 Å². The maximum atomic E-state index is 5.79. The number of nitrogens with zero attached hydrogens (tertiary/aromatic N) is 1. The molecule has 0 radical (unpaired) electrons. The van der Waals surface area contributed by atoms with Crippen LogP contribution in [0.1, 0.15) is 18.5 Å². The van der Waals surface area contributed by atoms with Crippen LogP contribution in [0.3, 0.4) is 0 Å². The number of pyridine rings is 1. The van der Waals surface area contributed by atoms with Crippen molar-refractivity contribution in [3.8, 4) is 5.88 Å². The Balaban J connectivity index is 2.33. The van der Waals surface area contributed by atoms with Gasteiger partial charge in [-0.05, 0) is 30.6 Å². The quantitative estimate of drug-likeness (QED) is 0.799. The first-order valence-electron chi connectivity index (χ1n) is 4.97. The average Bonchev–Trinajstić information content (AvgIpc) is 2.29. The molecule has 0 aliphatic heterocycles. The van der Waals surface area contributed by atoms with E-state index in [0.717, 1.165) is 29.8 Å². The van der Waals surface area contributed by atoms with Gasteiger partial charge in [-0.3, -0.25) is 0 Å². The van der Waals surface area contributed by atoms with E-state index < -0.39 is 0 Å². The fourth-order valence-corrected chi connectivity index (χ4v) is 1.59. The Bertz CT molecular complexity index is 421. The second-order valence-corrected chi connectivity index (χ2v) is 3.48. The fraction of sp³-hybridized carbons (Fsp3) is 0.250. The molecule has 0 aromatic carbocycles. The average molecular weight is 202 g/mol. The standard InChI is InChI=1S/C12H14N2O/c1-15-12-7-3-6-11(14-12)9-4-2-5-10(13)8-9/h3-4,6-8H,2,5,13H2,1H3. The molecule has 0 saturated heterocycles. The zero-order valence-electron chi connectivity index (χ0n) is 8.73. The van der Waals surface area contributed by atoms with E-state index in [0.29, 0.717) is 5.88 Å².